The summed E-state index contributed by atoms with van der Waals surface area (Å²) in [5.41, 5.74) is 4.76. The van der Waals surface area contributed by atoms with Crippen molar-refractivity contribution in [3.63, 3.8) is 0 Å². The van der Waals surface area contributed by atoms with Crippen molar-refractivity contribution in [2.45, 2.75) is 12.8 Å². The van der Waals surface area contributed by atoms with E-state index in [1.54, 1.807) is 12.4 Å². The van der Waals surface area contributed by atoms with Crippen molar-refractivity contribution < 1.29 is 24.1 Å². The van der Waals surface area contributed by atoms with Crippen molar-refractivity contribution in [3.8, 4) is 0 Å². The number of rotatable bonds is 18. The molecular weight excluding hydrogens is 446 g/mol. The summed E-state index contributed by atoms with van der Waals surface area (Å²) in [6.45, 7) is 12.3. The summed E-state index contributed by atoms with van der Waals surface area (Å²) in [5, 5.41) is 10.8. The van der Waals surface area contributed by atoms with Crippen molar-refractivity contribution in [1.29, 1.82) is 0 Å². The summed E-state index contributed by atoms with van der Waals surface area (Å²) in [5.74, 6) is 0. The smallest absolute Gasteiger partial charge is 0.0701 e. The molecule has 0 atom stereocenters. The number of pyridine rings is 1. The summed E-state index contributed by atoms with van der Waals surface area (Å²) in [6.07, 6.45) is 7.02. The Morgan fingerprint density at radius 3 is 2.29 bits per heavy atom. The number of fused-ring (bicyclic) bond motifs is 3. The molecule has 3 rings (SSSR count). The Morgan fingerprint density at radius 2 is 1.57 bits per heavy atom. The van der Waals surface area contributed by atoms with Crippen LogP contribution in [0.15, 0.2) is 60.5 Å². The van der Waals surface area contributed by atoms with Gasteiger partial charge in [0.15, 0.2) is 0 Å². The van der Waals surface area contributed by atoms with Gasteiger partial charge in [0.25, 0.3) is 0 Å². The van der Waals surface area contributed by atoms with E-state index >= 15 is 0 Å². The van der Waals surface area contributed by atoms with Crippen LogP contribution in [0.4, 0.5) is 0 Å². The fourth-order valence-electron chi connectivity index (χ4n) is 3.46. The average molecular weight is 482 g/mol. The third-order valence-electron chi connectivity index (χ3n) is 5.28. The third kappa shape index (κ3) is 9.01. The van der Waals surface area contributed by atoms with Crippen LogP contribution in [0.2, 0.25) is 0 Å². The number of aliphatic hydroxyl groups is 1. The maximum atomic E-state index is 8.59. The summed E-state index contributed by atoms with van der Waals surface area (Å²) < 4.78 is 21.5. The van der Waals surface area contributed by atoms with Gasteiger partial charge in [-0.1, -0.05) is 25.3 Å². The third-order valence-corrected chi connectivity index (χ3v) is 5.28. The average Bonchev–Trinajstić information content (AvgIpc) is 3.25. The lowest BCUT2D eigenvalue weighted by atomic mass is 10.1. The molecule has 2 N–H and O–H groups in total. The first-order valence-corrected chi connectivity index (χ1v) is 11.9. The second-order valence-corrected chi connectivity index (χ2v) is 7.93. The van der Waals surface area contributed by atoms with Crippen molar-refractivity contribution in [1.82, 2.24) is 9.97 Å². The van der Waals surface area contributed by atoms with E-state index in [2.05, 4.69) is 46.3 Å². The molecule has 3 aromatic rings. The van der Waals surface area contributed by atoms with E-state index < -0.39 is 0 Å². The van der Waals surface area contributed by atoms with Gasteiger partial charge >= 0.3 is 0 Å². The quantitative estimate of drug-likeness (QED) is 0.209. The normalized spacial score (nSPS) is 11.7. The minimum Gasteiger partial charge on any atom is -0.394 e. The van der Waals surface area contributed by atoms with Crippen molar-refractivity contribution in [2.24, 2.45) is 4.99 Å². The monoisotopic (exact) mass is 481 g/mol. The van der Waals surface area contributed by atoms with Gasteiger partial charge in [0.1, 0.15) is 0 Å². The second kappa shape index (κ2) is 15.2. The lowest BCUT2D eigenvalue weighted by Gasteiger charge is -2.07. The number of benzene rings is 1. The number of aliphatic hydroxyl groups excluding tert-OH is 1. The van der Waals surface area contributed by atoms with Crippen LogP contribution >= 0.6 is 0 Å². The lowest BCUT2D eigenvalue weighted by Crippen LogP contribution is -2.12. The molecule has 0 aliphatic heterocycles. The van der Waals surface area contributed by atoms with E-state index in [0.717, 1.165) is 51.5 Å². The molecule has 0 aliphatic rings. The molecule has 35 heavy (non-hydrogen) atoms. The van der Waals surface area contributed by atoms with Crippen molar-refractivity contribution in [3.05, 3.63) is 61.1 Å². The highest BCUT2D eigenvalue weighted by Crippen LogP contribution is 2.26. The van der Waals surface area contributed by atoms with Gasteiger partial charge in [0, 0.05) is 52.7 Å². The Labute approximate surface area is 206 Å². The maximum Gasteiger partial charge on any atom is 0.0701 e. The van der Waals surface area contributed by atoms with Gasteiger partial charge in [-0.05, 0) is 36.1 Å². The van der Waals surface area contributed by atoms with Gasteiger partial charge in [-0.3, -0.25) is 9.98 Å². The summed E-state index contributed by atoms with van der Waals surface area (Å²) in [7, 11) is 0. The van der Waals surface area contributed by atoms with Crippen LogP contribution in [0.3, 0.4) is 0 Å². The Hall–Kier alpha value is -2.88. The van der Waals surface area contributed by atoms with Gasteiger partial charge in [0.05, 0.1) is 52.9 Å². The van der Waals surface area contributed by atoms with E-state index in [0.29, 0.717) is 52.9 Å². The SMILES string of the molecule is C=C(CCCOCCOCCOCCOCCO)N=CC(=C)c1ccc2c(c1)[nH]c1ccncc12. The molecule has 0 fully saturated rings. The molecule has 188 valence electrons. The Bertz CT molecular complexity index is 1110. The predicted octanol–water partition coefficient (Wildman–Crippen LogP) is 4.15. The topological polar surface area (TPSA) is 98.2 Å². The van der Waals surface area contributed by atoms with E-state index in [-0.39, 0.29) is 6.61 Å². The number of aromatic nitrogens is 2. The zero-order valence-electron chi connectivity index (χ0n) is 20.2. The predicted molar refractivity (Wildman–Crippen MR) is 140 cm³/mol. The van der Waals surface area contributed by atoms with Gasteiger partial charge in [-0.15, -0.1) is 0 Å². The minimum atomic E-state index is 0.0305. The van der Waals surface area contributed by atoms with Crippen LogP contribution < -0.4 is 0 Å². The number of nitrogens with one attached hydrogen (secondary N) is 1. The van der Waals surface area contributed by atoms with Gasteiger partial charge in [0.2, 0.25) is 0 Å². The van der Waals surface area contributed by atoms with E-state index in [1.165, 1.54) is 0 Å². The summed E-state index contributed by atoms with van der Waals surface area (Å²) >= 11 is 0. The number of nitrogens with zero attached hydrogens (tertiary/aromatic N) is 2. The molecule has 8 heteroatoms. The van der Waals surface area contributed by atoms with Crippen LogP contribution in [0.25, 0.3) is 27.4 Å². The van der Waals surface area contributed by atoms with Gasteiger partial charge in [-0.25, -0.2) is 0 Å². The van der Waals surface area contributed by atoms with Crippen LogP contribution in [-0.4, -0.2) is 80.8 Å². The minimum absolute atomic E-state index is 0.0305. The van der Waals surface area contributed by atoms with Crippen LogP contribution in [0, 0.1) is 0 Å². The zero-order valence-corrected chi connectivity index (χ0v) is 20.2. The molecule has 0 spiro atoms. The highest BCUT2D eigenvalue weighted by molar-refractivity contribution is 6.12. The Balaban J connectivity index is 1.25. The standard InChI is InChI=1S/C27H35N3O5/c1-21(23-5-6-24-25-20-28-8-7-26(25)30-27(24)18-23)19-29-22(2)4-3-10-32-12-14-34-16-17-35-15-13-33-11-9-31/h5-8,18-20,30-31H,1-4,9-17H2. The fraction of sp³-hybridized carbons (Fsp3) is 0.407. The molecule has 0 unspecified atom stereocenters. The van der Waals surface area contributed by atoms with Gasteiger partial charge < -0.3 is 29.0 Å². The van der Waals surface area contributed by atoms with E-state index in [4.69, 9.17) is 24.1 Å². The van der Waals surface area contributed by atoms with Crippen molar-refractivity contribution in [2.75, 3.05) is 59.5 Å². The zero-order chi connectivity index (χ0) is 24.7. The molecule has 0 saturated carbocycles. The molecule has 0 bridgehead atoms. The molecular formula is C27H35N3O5. The highest BCUT2D eigenvalue weighted by atomic mass is 16.6. The summed E-state index contributed by atoms with van der Waals surface area (Å²) in [4.78, 5) is 12.1. The largest absolute Gasteiger partial charge is 0.394 e. The number of hydrogen-bond acceptors (Lipinski definition) is 7. The first kappa shape index (κ1) is 26.7. The first-order valence-electron chi connectivity index (χ1n) is 11.9. The number of H-pyrrole nitrogens is 1. The van der Waals surface area contributed by atoms with Crippen LogP contribution in [-0.2, 0) is 18.9 Å². The molecule has 0 aliphatic carbocycles. The number of ether oxygens (including phenoxy) is 4. The lowest BCUT2D eigenvalue weighted by molar-refractivity contribution is -0.00563. The highest BCUT2D eigenvalue weighted by Gasteiger charge is 2.06. The first-order chi connectivity index (χ1) is 17.2. The Kier molecular flexibility index (Phi) is 11.6. The maximum absolute atomic E-state index is 8.59. The van der Waals surface area contributed by atoms with Gasteiger partial charge in [-0.2, -0.15) is 0 Å². The van der Waals surface area contributed by atoms with Crippen LogP contribution in [0.5, 0.6) is 0 Å². The second-order valence-electron chi connectivity index (χ2n) is 7.93. The number of aliphatic imine (C=N–C) groups is 1. The molecule has 2 heterocycles. The van der Waals surface area contributed by atoms with E-state index in [9.17, 15) is 0 Å². The number of allylic oxidation sites excluding steroid dienone is 2. The number of hydrogen-bond donors (Lipinski definition) is 2. The fourth-order valence-corrected chi connectivity index (χ4v) is 3.46. The molecule has 0 radical (unpaired) electrons. The molecule has 0 amide bonds. The Morgan fingerprint density at radius 1 is 0.886 bits per heavy atom. The molecule has 0 saturated heterocycles. The van der Waals surface area contributed by atoms with Crippen LogP contribution in [0.1, 0.15) is 18.4 Å². The van der Waals surface area contributed by atoms with E-state index in [1.807, 2.05) is 12.3 Å². The molecule has 8 nitrogen and oxygen atoms in total. The van der Waals surface area contributed by atoms with Crippen molar-refractivity contribution >= 4 is 33.6 Å². The summed E-state index contributed by atoms with van der Waals surface area (Å²) in [6, 6.07) is 8.20. The molecule has 2 aromatic heterocycles. The molecule has 1 aromatic carbocycles. The number of aromatic amines is 1.